The summed E-state index contributed by atoms with van der Waals surface area (Å²) in [6.45, 7) is 7.31. The molecule has 1 aromatic carbocycles. The molecule has 96 valence electrons. The van der Waals surface area contributed by atoms with E-state index in [0.717, 1.165) is 12.2 Å². The fraction of sp³-hybridized carbons (Fsp3) is 0.357. The number of benzene rings is 1. The molecule has 0 saturated heterocycles. The van der Waals surface area contributed by atoms with Gasteiger partial charge in [0.2, 0.25) is 0 Å². The Labute approximate surface area is 122 Å². The van der Waals surface area contributed by atoms with Crippen molar-refractivity contribution in [3.8, 4) is 11.3 Å². The van der Waals surface area contributed by atoms with Gasteiger partial charge in [0.15, 0.2) is 0 Å². The van der Waals surface area contributed by atoms with Gasteiger partial charge in [-0.15, -0.1) is 0 Å². The summed E-state index contributed by atoms with van der Waals surface area (Å²) in [6.07, 6.45) is 1.89. The summed E-state index contributed by atoms with van der Waals surface area (Å²) >= 11 is 2.31. The van der Waals surface area contributed by atoms with Gasteiger partial charge >= 0.3 is 0 Å². The Morgan fingerprint density at radius 1 is 1.22 bits per heavy atom. The number of hydrogen-bond acceptors (Lipinski definition) is 2. The minimum atomic E-state index is 0.112. The molecule has 18 heavy (non-hydrogen) atoms. The number of H-pyrrole nitrogens is 1. The number of nitrogens with one attached hydrogen (secondary N) is 2. The van der Waals surface area contributed by atoms with Crippen LogP contribution >= 0.6 is 22.6 Å². The first-order chi connectivity index (χ1) is 8.46. The Kier molecular flexibility index (Phi) is 4.07. The van der Waals surface area contributed by atoms with E-state index in [-0.39, 0.29) is 5.54 Å². The molecule has 2 aromatic rings. The van der Waals surface area contributed by atoms with E-state index >= 15 is 0 Å². The molecule has 0 aliphatic carbocycles. The number of nitrogens with zero attached hydrogens (tertiary/aromatic N) is 1. The van der Waals surface area contributed by atoms with E-state index in [2.05, 4.69) is 83.1 Å². The second-order valence-corrected chi connectivity index (χ2v) is 6.63. The van der Waals surface area contributed by atoms with Gasteiger partial charge in [-0.25, -0.2) is 0 Å². The predicted octanol–water partition coefficient (Wildman–Crippen LogP) is 3.57. The molecule has 0 aliphatic heterocycles. The van der Waals surface area contributed by atoms with E-state index in [4.69, 9.17) is 0 Å². The Morgan fingerprint density at radius 2 is 1.89 bits per heavy atom. The van der Waals surface area contributed by atoms with Crippen molar-refractivity contribution in [1.82, 2.24) is 15.5 Å². The van der Waals surface area contributed by atoms with Crippen molar-refractivity contribution in [2.24, 2.45) is 0 Å². The molecular weight excluding hydrogens is 337 g/mol. The van der Waals surface area contributed by atoms with Gasteiger partial charge in [0.25, 0.3) is 0 Å². The van der Waals surface area contributed by atoms with Crippen molar-refractivity contribution in [3.63, 3.8) is 0 Å². The zero-order valence-corrected chi connectivity index (χ0v) is 13.1. The molecule has 2 rings (SSSR count). The second kappa shape index (κ2) is 5.40. The molecule has 0 atom stereocenters. The molecule has 0 unspecified atom stereocenters. The van der Waals surface area contributed by atoms with Crippen LogP contribution in [-0.4, -0.2) is 15.7 Å². The van der Waals surface area contributed by atoms with Crippen LogP contribution in [-0.2, 0) is 6.54 Å². The zero-order valence-electron chi connectivity index (χ0n) is 10.9. The van der Waals surface area contributed by atoms with Gasteiger partial charge in [-0.2, -0.15) is 5.10 Å². The van der Waals surface area contributed by atoms with E-state index in [9.17, 15) is 0 Å². The highest BCUT2D eigenvalue weighted by Crippen LogP contribution is 2.22. The van der Waals surface area contributed by atoms with Crippen molar-refractivity contribution in [3.05, 3.63) is 39.6 Å². The first kappa shape index (κ1) is 13.5. The van der Waals surface area contributed by atoms with Crippen LogP contribution in [0.3, 0.4) is 0 Å². The third-order valence-corrected chi connectivity index (χ3v) is 3.38. The van der Waals surface area contributed by atoms with Crippen molar-refractivity contribution < 1.29 is 0 Å². The molecule has 4 heteroatoms. The van der Waals surface area contributed by atoms with Crippen molar-refractivity contribution in [2.75, 3.05) is 0 Å². The molecular formula is C14H18IN3. The highest BCUT2D eigenvalue weighted by atomic mass is 127. The molecule has 0 saturated carbocycles. The van der Waals surface area contributed by atoms with Crippen LogP contribution in [0.2, 0.25) is 0 Å². The Hall–Kier alpha value is -0.880. The largest absolute Gasteiger partial charge is 0.308 e. The molecule has 0 aliphatic rings. The average molecular weight is 355 g/mol. The minimum Gasteiger partial charge on any atom is -0.308 e. The number of rotatable bonds is 3. The van der Waals surface area contributed by atoms with Crippen LogP contribution in [0.1, 0.15) is 26.3 Å². The van der Waals surface area contributed by atoms with Crippen LogP contribution in [0.4, 0.5) is 0 Å². The van der Waals surface area contributed by atoms with Crippen molar-refractivity contribution in [1.29, 1.82) is 0 Å². The second-order valence-electron chi connectivity index (χ2n) is 5.38. The molecule has 0 spiro atoms. The lowest BCUT2D eigenvalue weighted by Crippen LogP contribution is -2.35. The SMILES string of the molecule is CC(C)(C)NCc1cn[nH]c1-c1ccc(I)cc1. The fourth-order valence-corrected chi connectivity index (χ4v) is 2.03. The van der Waals surface area contributed by atoms with Gasteiger partial charge in [-0.1, -0.05) is 12.1 Å². The molecule has 1 heterocycles. The van der Waals surface area contributed by atoms with Crippen LogP contribution < -0.4 is 5.32 Å². The summed E-state index contributed by atoms with van der Waals surface area (Å²) in [7, 11) is 0. The predicted molar refractivity (Wildman–Crippen MR) is 83.3 cm³/mol. The summed E-state index contributed by atoms with van der Waals surface area (Å²) in [5.41, 5.74) is 3.59. The van der Waals surface area contributed by atoms with Crippen LogP contribution in [0.25, 0.3) is 11.3 Å². The maximum atomic E-state index is 4.15. The minimum absolute atomic E-state index is 0.112. The lowest BCUT2D eigenvalue weighted by atomic mass is 10.1. The lowest BCUT2D eigenvalue weighted by molar-refractivity contribution is 0.424. The van der Waals surface area contributed by atoms with E-state index in [0.29, 0.717) is 0 Å². The third kappa shape index (κ3) is 3.55. The monoisotopic (exact) mass is 355 g/mol. The Balaban J connectivity index is 2.20. The fourth-order valence-electron chi connectivity index (χ4n) is 1.67. The molecule has 3 nitrogen and oxygen atoms in total. The summed E-state index contributed by atoms with van der Waals surface area (Å²) in [5, 5.41) is 10.7. The van der Waals surface area contributed by atoms with E-state index in [1.165, 1.54) is 14.7 Å². The summed E-state index contributed by atoms with van der Waals surface area (Å²) in [5.74, 6) is 0. The quantitative estimate of drug-likeness (QED) is 0.827. The Morgan fingerprint density at radius 3 is 2.50 bits per heavy atom. The number of hydrogen-bond donors (Lipinski definition) is 2. The third-order valence-electron chi connectivity index (χ3n) is 2.66. The smallest absolute Gasteiger partial charge is 0.0695 e. The van der Waals surface area contributed by atoms with Gasteiger partial charge in [0.1, 0.15) is 0 Å². The van der Waals surface area contributed by atoms with Gasteiger partial charge in [-0.05, 0) is 61.1 Å². The van der Waals surface area contributed by atoms with Crippen LogP contribution in [0.5, 0.6) is 0 Å². The maximum Gasteiger partial charge on any atom is 0.0695 e. The molecule has 2 N–H and O–H groups in total. The normalized spacial score (nSPS) is 11.8. The molecule has 0 radical (unpaired) electrons. The van der Waals surface area contributed by atoms with Gasteiger partial charge in [0.05, 0.1) is 11.9 Å². The van der Waals surface area contributed by atoms with E-state index in [1.807, 2.05) is 6.20 Å². The topological polar surface area (TPSA) is 40.7 Å². The average Bonchev–Trinajstić information content (AvgIpc) is 2.75. The highest BCUT2D eigenvalue weighted by Gasteiger charge is 2.12. The van der Waals surface area contributed by atoms with Gasteiger partial charge in [0, 0.05) is 21.2 Å². The first-order valence-electron chi connectivity index (χ1n) is 5.99. The number of aromatic nitrogens is 2. The summed E-state index contributed by atoms with van der Waals surface area (Å²) in [6, 6.07) is 8.46. The van der Waals surface area contributed by atoms with Crippen molar-refractivity contribution in [2.45, 2.75) is 32.9 Å². The van der Waals surface area contributed by atoms with E-state index in [1.54, 1.807) is 0 Å². The molecule has 0 fully saturated rings. The summed E-state index contributed by atoms with van der Waals surface area (Å²) in [4.78, 5) is 0. The standard InChI is InChI=1S/C14H18IN3/c1-14(2,3)16-8-11-9-17-18-13(11)10-4-6-12(15)7-5-10/h4-7,9,16H,8H2,1-3H3,(H,17,18). The lowest BCUT2D eigenvalue weighted by Gasteiger charge is -2.20. The van der Waals surface area contributed by atoms with E-state index < -0.39 is 0 Å². The van der Waals surface area contributed by atoms with Crippen LogP contribution in [0.15, 0.2) is 30.5 Å². The number of halogens is 1. The Bertz CT molecular complexity index is 509. The van der Waals surface area contributed by atoms with Gasteiger partial charge in [-0.3, -0.25) is 5.10 Å². The van der Waals surface area contributed by atoms with Gasteiger partial charge < -0.3 is 5.32 Å². The van der Waals surface area contributed by atoms with Crippen LogP contribution in [0, 0.1) is 3.57 Å². The molecule has 1 aromatic heterocycles. The number of aromatic amines is 1. The molecule has 0 amide bonds. The summed E-state index contributed by atoms with van der Waals surface area (Å²) < 4.78 is 1.24. The highest BCUT2D eigenvalue weighted by molar-refractivity contribution is 14.1. The van der Waals surface area contributed by atoms with Crippen molar-refractivity contribution >= 4 is 22.6 Å². The maximum absolute atomic E-state index is 4.15. The molecule has 0 bridgehead atoms. The first-order valence-corrected chi connectivity index (χ1v) is 7.07. The zero-order chi connectivity index (χ0) is 13.2.